The van der Waals surface area contributed by atoms with E-state index in [1.165, 1.54) is 0 Å². The molecule has 4 rings (SSSR count). The maximum absolute atomic E-state index is 13.1. The van der Waals surface area contributed by atoms with Crippen molar-refractivity contribution < 1.29 is 13.2 Å². The zero-order chi connectivity index (χ0) is 21.1. The van der Waals surface area contributed by atoms with E-state index in [2.05, 4.69) is 20.9 Å². The molecule has 7 heteroatoms. The summed E-state index contributed by atoms with van der Waals surface area (Å²) in [6.45, 7) is 0. The number of para-hydroxylation sites is 3. The third-order valence-electron chi connectivity index (χ3n) is 4.78. The Morgan fingerprint density at radius 2 is 1.43 bits per heavy atom. The van der Waals surface area contributed by atoms with E-state index in [0.29, 0.717) is 23.3 Å². The van der Waals surface area contributed by atoms with Gasteiger partial charge in [-0.1, -0.05) is 46.3 Å². The van der Waals surface area contributed by atoms with Crippen LogP contribution in [-0.2, 0) is 22.0 Å². The summed E-state index contributed by atoms with van der Waals surface area (Å²) >= 11 is 3.34. The van der Waals surface area contributed by atoms with Crippen LogP contribution in [0.15, 0.2) is 82.2 Å². The highest BCUT2D eigenvalue weighted by Gasteiger charge is 2.21. The van der Waals surface area contributed by atoms with Crippen molar-refractivity contribution in [3.8, 4) is 5.75 Å². The second-order valence-electron chi connectivity index (χ2n) is 6.81. The van der Waals surface area contributed by atoms with Crippen molar-refractivity contribution in [1.29, 1.82) is 0 Å². The monoisotopic (exact) mass is 482 g/mol. The molecule has 152 valence electrons. The molecule has 1 heterocycles. The van der Waals surface area contributed by atoms with Crippen LogP contribution in [0.1, 0.15) is 17.0 Å². The fourth-order valence-corrected chi connectivity index (χ4v) is 4.84. The van der Waals surface area contributed by atoms with Gasteiger partial charge in [0, 0.05) is 16.5 Å². The molecule has 0 atom stereocenters. The van der Waals surface area contributed by atoms with Gasteiger partial charge in [-0.2, -0.15) is 0 Å². The van der Waals surface area contributed by atoms with Gasteiger partial charge < -0.3 is 4.74 Å². The number of benzene rings is 3. The summed E-state index contributed by atoms with van der Waals surface area (Å²) in [5.74, 6) is 0.505. The van der Waals surface area contributed by atoms with Crippen molar-refractivity contribution in [2.24, 2.45) is 0 Å². The number of rotatable bonds is 6. The van der Waals surface area contributed by atoms with Gasteiger partial charge >= 0.3 is 0 Å². The van der Waals surface area contributed by atoms with Gasteiger partial charge in [-0.25, -0.2) is 18.4 Å². The standard InChI is InChI=1S/C23H19BrN2O3S/c1-29-23-9-5-2-6-16(23)14-21-22(26-20-8-4-3-7-19(20)25-21)15-30(27,28)18-12-10-17(24)11-13-18/h2-13H,14-15H2,1H3. The largest absolute Gasteiger partial charge is 0.496 e. The van der Waals surface area contributed by atoms with E-state index >= 15 is 0 Å². The number of halogens is 1. The van der Waals surface area contributed by atoms with E-state index in [0.717, 1.165) is 21.3 Å². The summed E-state index contributed by atoms with van der Waals surface area (Å²) in [7, 11) is -1.97. The lowest BCUT2D eigenvalue weighted by molar-refractivity contribution is 0.410. The van der Waals surface area contributed by atoms with Crippen LogP contribution in [0.2, 0.25) is 0 Å². The zero-order valence-corrected chi connectivity index (χ0v) is 18.7. The molecule has 0 fully saturated rings. The molecule has 0 aliphatic rings. The molecule has 0 aliphatic carbocycles. The van der Waals surface area contributed by atoms with E-state index in [1.807, 2.05) is 48.5 Å². The molecule has 4 aromatic rings. The quantitative estimate of drug-likeness (QED) is 0.388. The molecule has 3 aromatic carbocycles. The van der Waals surface area contributed by atoms with Crippen LogP contribution < -0.4 is 4.74 Å². The summed E-state index contributed by atoms with van der Waals surface area (Å²) in [4.78, 5) is 9.66. The van der Waals surface area contributed by atoms with Crippen LogP contribution in [0.4, 0.5) is 0 Å². The highest BCUT2D eigenvalue weighted by Crippen LogP contribution is 2.25. The molecule has 0 saturated carbocycles. The predicted octanol–water partition coefficient (Wildman–Crippen LogP) is 4.97. The van der Waals surface area contributed by atoms with Crippen molar-refractivity contribution in [2.45, 2.75) is 17.1 Å². The van der Waals surface area contributed by atoms with E-state index in [4.69, 9.17) is 9.72 Å². The van der Waals surface area contributed by atoms with Crippen molar-refractivity contribution in [1.82, 2.24) is 9.97 Å². The smallest absolute Gasteiger partial charge is 0.184 e. The first kappa shape index (κ1) is 20.5. The number of methoxy groups -OCH3 is 1. The first-order chi connectivity index (χ1) is 14.5. The Kier molecular flexibility index (Phi) is 5.83. The van der Waals surface area contributed by atoms with Crippen LogP contribution in [0.3, 0.4) is 0 Å². The minimum atomic E-state index is -3.58. The Balaban J connectivity index is 1.79. The molecule has 0 spiro atoms. The number of hydrogen-bond acceptors (Lipinski definition) is 5. The van der Waals surface area contributed by atoms with Crippen molar-refractivity contribution >= 4 is 36.8 Å². The molecule has 0 saturated heterocycles. The number of ether oxygens (including phenoxy) is 1. The van der Waals surface area contributed by atoms with E-state index < -0.39 is 9.84 Å². The van der Waals surface area contributed by atoms with Gasteiger partial charge in [0.25, 0.3) is 0 Å². The maximum atomic E-state index is 13.1. The number of aromatic nitrogens is 2. The minimum Gasteiger partial charge on any atom is -0.496 e. The van der Waals surface area contributed by atoms with Crippen molar-refractivity contribution in [3.05, 3.63) is 94.2 Å². The van der Waals surface area contributed by atoms with Gasteiger partial charge in [0.2, 0.25) is 0 Å². The van der Waals surface area contributed by atoms with E-state index in [9.17, 15) is 8.42 Å². The Morgan fingerprint density at radius 3 is 2.10 bits per heavy atom. The molecule has 0 N–H and O–H groups in total. The summed E-state index contributed by atoms with van der Waals surface area (Å²) in [6.07, 6.45) is 0.424. The van der Waals surface area contributed by atoms with Crippen LogP contribution in [0.5, 0.6) is 5.75 Å². The number of hydrogen-bond donors (Lipinski definition) is 0. The average Bonchev–Trinajstić information content (AvgIpc) is 2.74. The molecule has 0 bridgehead atoms. The highest BCUT2D eigenvalue weighted by atomic mass is 79.9. The Bertz CT molecular complexity index is 1310. The summed E-state index contributed by atoms with van der Waals surface area (Å²) in [5.41, 5.74) is 3.39. The maximum Gasteiger partial charge on any atom is 0.184 e. The molecule has 30 heavy (non-hydrogen) atoms. The normalized spacial score (nSPS) is 11.5. The summed E-state index contributed by atoms with van der Waals surface area (Å²) in [5, 5.41) is 0. The van der Waals surface area contributed by atoms with Crippen LogP contribution in [0, 0.1) is 0 Å². The van der Waals surface area contributed by atoms with Gasteiger partial charge in [0.1, 0.15) is 5.75 Å². The molecule has 0 radical (unpaired) electrons. The SMILES string of the molecule is COc1ccccc1Cc1nc2ccccc2nc1CS(=O)(=O)c1ccc(Br)cc1. The molecule has 5 nitrogen and oxygen atoms in total. The lowest BCUT2D eigenvalue weighted by Crippen LogP contribution is -2.11. The third-order valence-corrected chi connectivity index (χ3v) is 6.95. The minimum absolute atomic E-state index is 0.225. The van der Waals surface area contributed by atoms with Gasteiger partial charge in [-0.05, 0) is 42.5 Å². The second-order valence-corrected chi connectivity index (χ2v) is 9.71. The molecule has 0 aliphatic heterocycles. The number of nitrogens with zero attached hydrogens (tertiary/aromatic N) is 2. The van der Waals surface area contributed by atoms with Gasteiger partial charge in [0.15, 0.2) is 9.84 Å². The summed E-state index contributed by atoms with van der Waals surface area (Å²) < 4.78 is 32.4. The fraction of sp³-hybridized carbons (Fsp3) is 0.130. The highest BCUT2D eigenvalue weighted by molar-refractivity contribution is 9.10. The molecule has 0 amide bonds. The number of sulfone groups is 1. The van der Waals surface area contributed by atoms with Gasteiger partial charge in [0.05, 0.1) is 40.2 Å². The van der Waals surface area contributed by atoms with E-state index in [-0.39, 0.29) is 10.6 Å². The molecule has 1 aromatic heterocycles. The molecule has 0 unspecified atom stereocenters. The lowest BCUT2D eigenvalue weighted by atomic mass is 10.1. The Hall–Kier alpha value is -2.77. The molecular formula is C23H19BrN2O3S. The fourth-order valence-electron chi connectivity index (χ4n) is 3.26. The average molecular weight is 483 g/mol. The first-order valence-corrected chi connectivity index (χ1v) is 11.8. The van der Waals surface area contributed by atoms with Gasteiger partial charge in [-0.15, -0.1) is 0 Å². The third kappa shape index (κ3) is 4.37. The van der Waals surface area contributed by atoms with Crippen LogP contribution in [-0.4, -0.2) is 25.5 Å². The van der Waals surface area contributed by atoms with Crippen LogP contribution in [0.25, 0.3) is 11.0 Å². The summed E-state index contributed by atoms with van der Waals surface area (Å²) in [6, 6.07) is 21.7. The zero-order valence-electron chi connectivity index (χ0n) is 16.2. The molecular weight excluding hydrogens is 464 g/mol. The van der Waals surface area contributed by atoms with Gasteiger partial charge in [-0.3, -0.25) is 0 Å². The van der Waals surface area contributed by atoms with Crippen molar-refractivity contribution in [2.75, 3.05) is 7.11 Å². The Morgan fingerprint density at radius 1 is 0.833 bits per heavy atom. The first-order valence-electron chi connectivity index (χ1n) is 9.31. The Labute approximate surface area is 183 Å². The predicted molar refractivity (Wildman–Crippen MR) is 120 cm³/mol. The topological polar surface area (TPSA) is 69.2 Å². The van der Waals surface area contributed by atoms with Crippen LogP contribution >= 0.6 is 15.9 Å². The van der Waals surface area contributed by atoms with Crippen molar-refractivity contribution in [3.63, 3.8) is 0 Å². The lowest BCUT2D eigenvalue weighted by Gasteiger charge is -2.13. The number of fused-ring (bicyclic) bond motifs is 1. The van der Waals surface area contributed by atoms with E-state index in [1.54, 1.807) is 31.4 Å². The second kappa shape index (κ2) is 8.53.